The Balaban J connectivity index is 2.85. The monoisotopic (exact) mass is 299 g/mol. The fourth-order valence-electron chi connectivity index (χ4n) is 1.50. The zero-order valence-electron chi connectivity index (χ0n) is 10.4. The van der Waals surface area contributed by atoms with Crippen molar-refractivity contribution < 1.29 is 4.79 Å². The first-order valence-electron chi connectivity index (χ1n) is 5.62. The minimum absolute atomic E-state index is 0.0359. The molecule has 2 N–H and O–H groups in total. The lowest BCUT2D eigenvalue weighted by Crippen LogP contribution is -2.31. The molecule has 0 saturated carbocycles. The van der Waals surface area contributed by atoms with Crippen LogP contribution in [-0.2, 0) is 0 Å². The predicted octanol–water partition coefficient (Wildman–Crippen LogP) is 2.54. The van der Waals surface area contributed by atoms with Gasteiger partial charge in [-0.1, -0.05) is 20.3 Å². The van der Waals surface area contributed by atoms with Crippen LogP contribution in [-0.4, -0.2) is 29.4 Å². The molecular weight excluding hydrogens is 282 g/mol. The van der Waals surface area contributed by atoms with Gasteiger partial charge in [-0.3, -0.25) is 4.79 Å². The molecule has 1 heterocycles. The molecule has 0 aliphatic rings. The van der Waals surface area contributed by atoms with Crippen molar-refractivity contribution in [2.24, 2.45) is 5.92 Å². The second kappa shape index (κ2) is 6.00. The number of hydrogen-bond acceptors (Lipinski definition) is 3. The lowest BCUT2D eigenvalue weighted by Gasteiger charge is -2.21. The van der Waals surface area contributed by atoms with Crippen LogP contribution in [0.2, 0.25) is 0 Å². The molecule has 0 bridgehead atoms. The van der Waals surface area contributed by atoms with E-state index in [0.29, 0.717) is 21.8 Å². The van der Waals surface area contributed by atoms with E-state index in [0.717, 1.165) is 13.0 Å². The van der Waals surface area contributed by atoms with Gasteiger partial charge >= 0.3 is 0 Å². The summed E-state index contributed by atoms with van der Waals surface area (Å²) in [7, 11) is 1.80. The Morgan fingerprint density at radius 2 is 2.29 bits per heavy atom. The number of hydrogen-bond donors (Lipinski definition) is 1. The number of amides is 1. The first kappa shape index (κ1) is 14.0. The van der Waals surface area contributed by atoms with Crippen LogP contribution < -0.4 is 5.73 Å². The van der Waals surface area contributed by atoms with Crippen molar-refractivity contribution in [2.45, 2.75) is 20.3 Å². The smallest absolute Gasteiger partial charge is 0.254 e. The number of nitrogens with zero attached hydrogens (tertiary/aromatic N) is 2. The van der Waals surface area contributed by atoms with Crippen LogP contribution in [0.5, 0.6) is 0 Å². The molecule has 1 aromatic heterocycles. The Morgan fingerprint density at radius 1 is 1.65 bits per heavy atom. The van der Waals surface area contributed by atoms with E-state index in [2.05, 4.69) is 34.8 Å². The first-order chi connectivity index (χ1) is 7.95. The summed E-state index contributed by atoms with van der Waals surface area (Å²) in [5.41, 5.74) is 6.15. The van der Waals surface area contributed by atoms with Gasteiger partial charge in [0.1, 0.15) is 5.82 Å². The number of nitrogens with two attached hydrogens (primary N) is 1. The molecule has 17 heavy (non-hydrogen) atoms. The highest BCUT2D eigenvalue weighted by atomic mass is 79.9. The lowest BCUT2D eigenvalue weighted by molar-refractivity contribution is 0.0774. The molecule has 1 rings (SSSR count). The summed E-state index contributed by atoms with van der Waals surface area (Å²) in [4.78, 5) is 17.8. The number of nitrogen functional groups attached to an aromatic ring is 1. The van der Waals surface area contributed by atoms with Crippen molar-refractivity contribution >= 4 is 27.7 Å². The molecule has 0 radical (unpaired) electrons. The summed E-state index contributed by atoms with van der Waals surface area (Å²) in [6.45, 7) is 4.98. The highest BCUT2D eigenvalue weighted by Crippen LogP contribution is 2.19. The normalized spacial score (nSPS) is 12.2. The van der Waals surface area contributed by atoms with Crippen LogP contribution in [0.4, 0.5) is 5.82 Å². The van der Waals surface area contributed by atoms with Crippen molar-refractivity contribution in [3.8, 4) is 0 Å². The second-order valence-corrected chi connectivity index (χ2v) is 5.14. The highest BCUT2D eigenvalue weighted by molar-refractivity contribution is 9.10. The maximum atomic E-state index is 12.2. The Hall–Kier alpha value is -1.10. The van der Waals surface area contributed by atoms with Gasteiger partial charge in [0, 0.05) is 24.3 Å². The zero-order chi connectivity index (χ0) is 13.0. The third-order valence-corrected chi connectivity index (χ3v) is 3.37. The lowest BCUT2D eigenvalue weighted by atomic mass is 10.1. The molecule has 0 aromatic carbocycles. The maximum Gasteiger partial charge on any atom is 0.254 e. The molecular formula is C12H18BrN3O. The summed E-state index contributed by atoms with van der Waals surface area (Å²) in [6, 6.07) is 1.60. The average Bonchev–Trinajstić information content (AvgIpc) is 2.31. The molecule has 1 aromatic rings. The van der Waals surface area contributed by atoms with E-state index in [1.165, 1.54) is 0 Å². The van der Waals surface area contributed by atoms with Gasteiger partial charge in [0.25, 0.3) is 5.91 Å². The largest absolute Gasteiger partial charge is 0.384 e. The van der Waals surface area contributed by atoms with Crippen molar-refractivity contribution in [1.82, 2.24) is 9.88 Å². The predicted molar refractivity (Wildman–Crippen MR) is 72.8 cm³/mol. The zero-order valence-corrected chi connectivity index (χ0v) is 12.0. The topological polar surface area (TPSA) is 59.2 Å². The first-order valence-corrected chi connectivity index (χ1v) is 6.41. The minimum atomic E-state index is -0.0359. The van der Waals surface area contributed by atoms with Crippen LogP contribution in [0.3, 0.4) is 0 Å². The maximum absolute atomic E-state index is 12.2. The fraction of sp³-hybridized carbons (Fsp3) is 0.500. The summed E-state index contributed by atoms with van der Waals surface area (Å²) >= 11 is 3.32. The average molecular weight is 300 g/mol. The van der Waals surface area contributed by atoms with Gasteiger partial charge in [-0.25, -0.2) is 4.98 Å². The van der Waals surface area contributed by atoms with Crippen LogP contribution in [0, 0.1) is 5.92 Å². The molecule has 1 amide bonds. The Morgan fingerprint density at radius 3 is 2.88 bits per heavy atom. The highest BCUT2D eigenvalue weighted by Gasteiger charge is 2.17. The molecule has 1 atom stereocenters. The van der Waals surface area contributed by atoms with Gasteiger partial charge in [0.05, 0.1) is 5.56 Å². The number of halogens is 1. The molecule has 5 heteroatoms. The van der Waals surface area contributed by atoms with Crippen LogP contribution in [0.15, 0.2) is 16.7 Å². The summed E-state index contributed by atoms with van der Waals surface area (Å²) in [5.74, 6) is 0.807. The molecule has 0 aliphatic heterocycles. The van der Waals surface area contributed by atoms with E-state index in [1.807, 2.05) is 0 Å². The van der Waals surface area contributed by atoms with Crippen LogP contribution in [0.25, 0.3) is 0 Å². The van der Waals surface area contributed by atoms with E-state index in [-0.39, 0.29) is 5.91 Å². The van der Waals surface area contributed by atoms with Crippen molar-refractivity contribution in [3.05, 3.63) is 22.3 Å². The molecule has 0 aliphatic carbocycles. The summed E-state index contributed by atoms with van der Waals surface area (Å²) in [5, 5.41) is 0. The van der Waals surface area contributed by atoms with Gasteiger partial charge < -0.3 is 10.6 Å². The third-order valence-electron chi connectivity index (χ3n) is 2.74. The number of pyridine rings is 1. The second-order valence-electron chi connectivity index (χ2n) is 4.29. The van der Waals surface area contributed by atoms with Crippen molar-refractivity contribution in [1.29, 1.82) is 0 Å². The number of carbonyl (C=O) groups excluding carboxylic acids is 1. The van der Waals surface area contributed by atoms with E-state index < -0.39 is 0 Å². The SMILES string of the molecule is CCC(C)CN(C)C(=O)c1cc(N)ncc1Br. The Kier molecular flexibility index (Phi) is 4.93. The number of aromatic nitrogens is 1. The van der Waals surface area contributed by atoms with E-state index >= 15 is 0 Å². The summed E-state index contributed by atoms with van der Waals surface area (Å²) in [6.07, 6.45) is 2.61. The number of carbonyl (C=O) groups is 1. The molecule has 1 unspecified atom stereocenters. The minimum Gasteiger partial charge on any atom is -0.384 e. The third kappa shape index (κ3) is 3.70. The summed E-state index contributed by atoms with van der Waals surface area (Å²) < 4.78 is 0.674. The Bertz CT molecular complexity index is 409. The molecule has 4 nitrogen and oxygen atoms in total. The molecule has 94 valence electrons. The number of anilines is 1. The van der Waals surface area contributed by atoms with E-state index in [1.54, 1.807) is 24.2 Å². The Labute approximate surface area is 110 Å². The van der Waals surface area contributed by atoms with Crippen LogP contribution in [0.1, 0.15) is 30.6 Å². The van der Waals surface area contributed by atoms with Gasteiger partial charge in [0.2, 0.25) is 0 Å². The van der Waals surface area contributed by atoms with Gasteiger partial charge in [-0.05, 0) is 27.9 Å². The van der Waals surface area contributed by atoms with Gasteiger partial charge in [0.15, 0.2) is 0 Å². The number of rotatable bonds is 4. The van der Waals surface area contributed by atoms with Crippen LogP contribution >= 0.6 is 15.9 Å². The molecule has 0 fully saturated rings. The van der Waals surface area contributed by atoms with E-state index in [4.69, 9.17) is 5.73 Å². The fourth-order valence-corrected chi connectivity index (χ4v) is 1.89. The standard InChI is InChI=1S/C12H18BrN3O/c1-4-8(2)7-16(3)12(17)9-5-11(14)15-6-10(9)13/h5-6,8H,4,7H2,1-3H3,(H2,14,15). The van der Waals surface area contributed by atoms with Crippen molar-refractivity contribution in [2.75, 3.05) is 19.3 Å². The van der Waals surface area contributed by atoms with Crippen molar-refractivity contribution in [3.63, 3.8) is 0 Å². The quantitative estimate of drug-likeness (QED) is 0.929. The molecule has 0 spiro atoms. The van der Waals surface area contributed by atoms with Gasteiger partial charge in [-0.15, -0.1) is 0 Å². The van der Waals surface area contributed by atoms with E-state index in [9.17, 15) is 4.79 Å². The van der Waals surface area contributed by atoms with Gasteiger partial charge in [-0.2, -0.15) is 0 Å². The molecule has 0 saturated heterocycles.